The molecule has 0 aromatic heterocycles. The van der Waals surface area contributed by atoms with Crippen molar-refractivity contribution in [1.29, 1.82) is 0 Å². The lowest BCUT2D eigenvalue weighted by Gasteiger charge is -2.06. The quantitative estimate of drug-likeness (QED) is 0.685. The molecule has 1 N–H and O–H groups in total. The number of hydrogen-bond donors (Lipinski definition) is 1. The maximum atomic E-state index is 11.9. The molecule has 20 heavy (non-hydrogen) atoms. The minimum absolute atomic E-state index is 0.0856. The molecule has 2 aromatic rings. The SMILES string of the molecule is CC(=O)NCc1ccc(C(=O)Oc2ccccc2)cc1. The van der Waals surface area contributed by atoms with Crippen molar-refractivity contribution in [2.24, 2.45) is 0 Å². The Kier molecular flexibility index (Phi) is 4.50. The Morgan fingerprint density at radius 3 is 2.25 bits per heavy atom. The highest BCUT2D eigenvalue weighted by Crippen LogP contribution is 2.12. The molecule has 0 saturated carbocycles. The van der Waals surface area contributed by atoms with Crippen molar-refractivity contribution >= 4 is 11.9 Å². The maximum Gasteiger partial charge on any atom is 0.343 e. The van der Waals surface area contributed by atoms with Gasteiger partial charge in [0.15, 0.2) is 0 Å². The molecule has 0 bridgehead atoms. The molecule has 2 rings (SSSR count). The Morgan fingerprint density at radius 1 is 1.00 bits per heavy atom. The van der Waals surface area contributed by atoms with Crippen molar-refractivity contribution in [3.05, 3.63) is 65.7 Å². The van der Waals surface area contributed by atoms with Gasteiger partial charge in [0, 0.05) is 13.5 Å². The second-order valence-corrected chi connectivity index (χ2v) is 4.31. The van der Waals surface area contributed by atoms with Crippen LogP contribution in [0.15, 0.2) is 54.6 Å². The molecule has 1 amide bonds. The molecule has 0 spiro atoms. The third kappa shape index (κ3) is 3.95. The predicted molar refractivity (Wildman–Crippen MR) is 75.4 cm³/mol. The second-order valence-electron chi connectivity index (χ2n) is 4.31. The molecule has 0 aliphatic carbocycles. The van der Waals surface area contributed by atoms with Gasteiger partial charge in [-0.3, -0.25) is 4.79 Å². The van der Waals surface area contributed by atoms with Gasteiger partial charge in [0.05, 0.1) is 5.56 Å². The molecule has 0 aliphatic heterocycles. The summed E-state index contributed by atoms with van der Waals surface area (Å²) >= 11 is 0. The highest BCUT2D eigenvalue weighted by atomic mass is 16.5. The average molecular weight is 269 g/mol. The first-order chi connectivity index (χ1) is 9.65. The molecular formula is C16H15NO3. The molecule has 0 unspecified atom stereocenters. The van der Waals surface area contributed by atoms with E-state index < -0.39 is 5.97 Å². The highest BCUT2D eigenvalue weighted by molar-refractivity contribution is 5.91. The van der Waals surface area contributed by atoms with Gasteiger partial charge in [-0.05, 0) is 29.8 Å². The van der Waals surface area contributed by atoms with E-state index in [4.69, 9.17) is 4.74 Å². The van der Waals surface area contributed by atoms with E-state index in [0.29, 0.717) is 17.9 Å². The van der Waals surface area contributed by atoms with Gasteiger partial charge in [-0.15, -0.1) is 0 Å². The summed E-state index contributed by atoms with van der Waals surface area (Å²) in [7, 11) is 0. The number of esters is 1. The molecule has 0 aliphatic rings. The van der Waals surface area contributed by atoms with E-state index in [1.54, 1.807) is 48.5 Å². The van der Waals surface area contributed by atoms with Crippen LogP contribution in [0.25, 0.3) is 0 Å². The standard InChI is InChI=1S/C16H15NO3/c1-12(18)17-11-13-7-9-14(10-8-13)16(19)20-15-5-3-2-4-6-15/h2-10H,11H2,1H3,(H,17,18). The summed E-state index contributed by atoms with van der Waals surface area (Å²) in [6, 6.07) is 15.9. The number of carbonyl (C=O) groups excluding carboxylic acids is 2. The van der Waals surface area contributed by atoms with E-state index >= 15 is 0 Å². The molecule has 4 nitrogen and oxygen atoms in total. The van der Waals surface area contributed by atoms with E-state index in [1.807, 2.05) is 6.07 Å². The number of ether oxygens (including phenoxy) is 1. The van der Waals surface area contributed by atoms with Crippen LogP contribution in [0.1, 0.15) is 22.8 Å². The summed E-state index contributed by atoms with van der Waals surface area (Å²) in [5.74, 6) is 0.0275. The molecule has 102 valence electrons. The van der Waals surface area contributed by atoms with E-state index in [2.05, 4.69) is 5.32 Å². The van der Waals surface area contributed by atoms with Crippen molar-refractivity contribution in [3.63, 3.8) is 0 Å². The predicted octanol–water partition coefficient (Wildman–Crippen LogP) is 2.54. The van der Waals surface area contributed by atoms with Crippen LogP contribution in [0.4, 0.5) is 0 Å². The Labute approximate surface area is 117 Å². The minimum atomic E-state index is -0.401. The van der Waals surface area contributed by atoms with Crippen LogP contribution in [0.3, 0.4) is 0 Å². The number of nitrogens with one attached hydrogen (secondary N) is 1. The Hall–Kier alpha value is -2.62. The lowest BCUT2D eigenvalue weighted by atomic mass is 10.1. The van der Waals surface area contributed by atoms with Gasteiger partial charge in [-0.1, -0.05) is 30.3 Å². The average Bonchev–Trinajstić information content (AvgIpc) is 2.46. The summed E-state index contributed by atoms with van der Waals surface area (Å²) in [5.41, 5.74) is 1.40. The molecule has 4 heteroatoms. The molecule has 0 heterocycles. The summed E-state index contributed by atoms with van der Waals surface area (Å²) in [4.78, 5) is 22.7. The minimum Gasteiger partial charge on any atom is -0.423 e. The number of hydrogen-bond acceptors (Lipinski definition) is 3. The molecule has 0 saturated heterocycles. The lowest BCUT2D eigenvalue weighted by Crippen LogP contribution is -2.18. The second kappa shape index (κ2) is 6.52. The van der Waals surface area contributed by atoms with Crippen molar-refractivity contribution in [3.8, 4) is 5.75 Å². The zero-order valence-electron chi connectivity index (χ0n) is 11.1. The fraction of sp³-hybridized carbons (Fsp3) is 0.125. The zero-order chi connectivity index (χ0) is 14.4. The van der Waals surface area contributed by atoms with Crippen molar-refractivity contribution in [2.75, 3.05) is 0 Å². The van der Waals surface area contributed by atoms with E-state index in [9.17, 15) is 9.59 Å². The number of carbonyl (C=O) groups is 2. The van der Waals surface area contributed by atoms with Crippen LogP contribution in [0, 0.1) is 0 Å². The Bertz CT molecular complexity index is 591. The van der Waals surface area contributed by atoms with E-state index in [1.165, 1.54) is 6.92 Å². The first-order valence-electron chi connectivity index (χ1n) is 6.26. The van der Waals surface area contributed by atoms with Gasteiger partial charge in [-0.25, -0.2) is 4.79 Å². The van der Waals surface area contributed by atoms with Crippen molar-refractivity contribution in [2.45, 2.75) is 13.5 Å². The normalized spacial score (nSPS) is 9.85. The van der Waals surface area contributed by atoms with Crippen LogP contribution >= 0.6 is 0 Å². The van der Waals surface area contributed by atoms with Gasteiger partial charge in [-0.2, -0.15) is 0 Å². The maximum absolute atomic E-state index is 11.9. The molecule has 0 radical (unpaired) electrons. The molecular weight excluding hydrogens is 254 g/mol. The zero-order valence-corrected chi connectivity index (χ0v) is 11.1. The summed E-state index contributed by atoms with van der Waals surface area (Å²) in [6.07, 6.45) is 0. The third-order valence-corrected chi connectivity index (χ3v) is 2.68. The third-order valence-electron chi connectivity index (χ3n) is 2.68. The van der Waals surface area contributed by atoms with Crippen LogP contribution < -0.4 is 10.1 Å². The smallest absolute Gasteiger partial charge is 0.343 e. The monoisotopic (exact) mass is 269 g/mol. The van der Waals surface area contributed by atoms with Crippen molar-refractivity contribution in [1.82, 2.24) is 5.32 Å². The highest BCUT2D eigenvalue weighted by Gasteiger charge is 2.08. The Morgan fingerprint density at radius 2 is 1.65 bits per heavy atom. The van der Waals surface area contributed by atoms with Crippen LogP contribution in [-0.4, -0.2) is 11.9 Å². The van der Waals surface area contributed by atoms with E-state index in [0.717, 1.165) is 5.56 Å². The fourth-order valence-electron chi connectivity index (χ4n) is 1.64. The molecule has 0 fully saturated rings. The summed E-state index contributed by atoms with van der Waals surface area (Å²) in [5, 5.41) is 2.70. The van der Waals surface area contributed by atoms with Gasteiger partial charge in [0.25, 0.3) is 0 Å². The first-order valence-corrected chi connectivity index (χ1v) is 6.26. The van der Waals surface area contributed by atoms with Gasteiger partial charge < -0.3 is 10.1 Å². The van der Waals surface area contributed by atoms with Crippen LogP contribution in [-0.2, 0) is 11.3 Å². The summed E-state index contributed by atoms with van der Waals surface area (Å²) < 4.78 is 5.23. The van der Waals surface area contributed by atoms with Gasteiger partial charge in [0.1, 0.15) is 5.75 Å². The number of benzene rings is 2. The number of amides is 1. The number of para-hydroxylation sites is 1. The van der Waals surface area contributed by atoms with Crippen LogP contribution in [0.5, 0.6) is 5.75 Å². The van der Waals surface area contributed by atoms with Gasteiger partial charge >= 0.3 is 5.97 Å². The largest absolute Gasteiger partial charge is 0.423 e. The lowest BCUT2D eigenvalue weighted by molar-refractivity contribution is -0.119. The number of rotatable bonds is 4. The molecule has 0 atom stereocenters. The van der Waals surface area contributed by atoms with E-state index in [-0.39, 0.29) is 5.91 Å². The van der Waals surface area contributed by atoms with Crippen LogP contribution in [0.2, 0.25) is 0 Å². The Balaban J connectivity index is 1.99. The topological polar surface area (TPSA) is 55.4 Å². The first kappa shape index (κ1) is 13.8. The fourth-order valence-corrected chi connectivity index (χ4v) is 1.64. The van der Waals surface area contributed by atoms with Gasteiger partial charge in [0.2, 0.25) is 5.91 Å². The van der Waals surface area contributed by atoms with Crippen molar-refractivity contribution < 1.29 is 14.3 Å². The summed E-state index contributed by atoms with van der Waals surface area (Å²) in [6.45, 7) is 1.91. The molecule has 2 aromatic carbocycles.